The van der Waals surface area contributed by atoms with Gasteiger partial charge in [-0.25, -0.2) is 0 Å². The van der Waals surface area contributed by atoms with Gasteiger partial charge in [0.05, 0.1) is 5.41 Å². The molecule has 3 amide bonds. The largest absolute Gasteiger partial charge is 0.368 e. The Balaban J connectivity index is 2.28. The van der Waals surface area contributed by atoms with Gasteiger partial charge in [0.2, 0.25) is 17.7 Å². The normalized spacial score (nSPS) is 17.5. The van der Waals surface area contributed by atoms with E-state index in [0.29, 0.717) is 51.5 Å². The lowest BCUT2D eigenvalue weighted by Crippen LogP contribution is -2.65. The molecule has 0 bridgehead atoms. The number of hydrogen-bond donors (Lipinski definition) is 5. The molecule has 0 aliphatic heterocycles. The van der Waals surface area contributed by atoms with Crippen molar-refractivity contribution in [1.29, 1.82) is 0 Å². The first kappa shape index (κ1) is 29.5. The molecule has 0 unspecified atom stereocenters. The molecule has 9 heteroatoms. The topological polar surface area (TPSA) is 170 Å². The van der Waals surface area contributed by atoms with Crippen LogP contribution >= 0.6 is 0 Å². The second kappa shape index (κ2) is 13.0. The molecule has 0 heterocycles. The lowest BCUT2D eigenvalue weighted by Gasteiger charge is -2.33. The summed E-state index contributed by atoms with van der Waals surface area (Å²) in [6, 6.07) is 7.57. The Morgan fingerprint density at radius 3 is 2.17 bits per heavy atom. The summed E-state index contributed by atoms with van der Waals surface area (Å²) in [7, 11) is 0. The van der Waals surface area contributed by atoms with Gasteiger partial charge in [-0.15, -0.1) is 0 Å². The van der Waals surface area contributed by atoms with Crippen LogP contribution in [0.4, 0.5) is 0 Å². The van der Waals surface area contributed by atoms with Crippen LogP contribution in [0.2, 0.25) is 0 Å². The van der Waals surface area contributed by atoms with Crippen LogP contribution in [0.15, 0.2) is 30.3 Å². The number of nitrogens with one attached hydrogen (secondary N) is 2. The summed E-state index contributed by atoms with van der Waals surface area (Å²) in [4.78, 5) is 52.5. The molecule has 1 aliphatic rings. The molecule has 36 heavy (non-hydrogen) atoms. The number of rotatable bonds is 16. The monoisotopic (exact) mass is 501 g/mol. The minimum Gasteiger partial charge on any atom is -0.368 e. The third-order valence-corrected chi connectivity index (χ3v) is 6.91. The highest BCUT2D eigenvalue weighted by Crippen LogP contribution is 2.51. The Labute approximate surface area is 214 Å². The van der Waals surface area contributed by atoms with E-state index in [1.807, 2.05) is 51.1 Å². The number of carbonyl (C=O) groups is 4. The highest BCUT2D eigenvalue weighted by Gasteiger charge is 2.59. The standard InChI is InChI=1S/C27H43N5O4/c1-4-10-20(23(34)31-21(22(29)33)17-18(2)3)32-25(36)27(30,13-8-9-16-28)24(35)26(14-15-26)19-11-6-5-7-12-19/h5-7,11-12,18,20-21H,4,8-10,13-17,28,30H2,1-3H3,(H2,29,33)(H,31,34)(H,32,36)/t20-,21-,27+/m0/s1. The first-order valence-electron chi connectivity index (χ1n) is 13.0. The van der Waals surface area contributed by atoms with Gasteiger partial charge in [-0.05, 0) is 63.0 Å². The summed E-state index contributed by atoms with van der Waals surface area (Å²) in [6.45, 7) is 6.14. The predicted octanol–water partition coefficient (Wildman–Crippen LogP) is 1.41. The van der Waals surface area contributed by atoms with Crippen molar-refractivity contribution in [3.8, 4) is 0 Å². The lowest BCUT2D eigenvalue weighted by atomic mass is 9.76. The molecule has 1 aromatic carbocycles. The molecule has 8 N–H and O–H groups in total. The second-order valence-electron chi connectivity index (χ2n) is 10.4. The van der Waals surface area contributed by atoms with Crippen LogP contribution in [0, 0.1) is 5.92 Å². The fourth-order valence-corrected chi connectivity index (χ4v) is 4.67. The molecule has 1 aliphatic carbocycles. The number of unbranched alkanes of at least 4 members (excludes halogenated alkanes) is 1. The van der Waals surface area contributed by atoms with Crippen molar-refractivity contribution in [2.75, 3.05) is 6.54 Å². The molecule has 0 saturated heterocycles. The number of amides is 3. The maximum Gasteiger partial charge on any atom is 0.248 e. The smallest absolute Gasteiger partial charge is 0.248 e. The zero-order valence-corrected chi connectivity index (χ0v) is 21.8. The number of Topliss-reactive ketones (excluding diaryl/α,β-unsaturated/α-hetero) is 1. The van der Waals surface area contributed by atoms with Crippen molar-refractivity contribution < 1.29 is 19.2 Å². The molecule has 200 valence electrons. The zero-order valence-electron chi connectivity index (χ0n) is 21.8. The van der Waals surface area contributed by atoms with Gasteiger partial charge in [0.25, 0.3) is 0 Å². The summed E-state index contributed by atoms with van der Waals surface area (Å²) in [5.41, 5.74) is 16.0. The molecule has 1 aromatic rings. The molecular weight excluding hydrogens is 458 g/mol. The third-order valence-electron chi connectivity index (χ3n) is 6.91. The fourth-order valence-electron chi connectivity index (χ4n) is 4.67. The zero-order chi connectivity index (χ0) is 26.9. The van der Waals surface area contributed by atoms with Gasteiger partial charge in [0.15, 0.2) is 11.3 Å². The van der Waals surface area contributed by atoms with Crippen LogP contribution in [-0.4, -0.2) is 47.7 Å². The SMILES string of the molecule is CCC[C@H](NC(=O)[C@@](N)(CCCCN)C(=O)C1(c2ccccc2)CC1)C(=O)N[C@@H](CC(C)C)C(N)=O. The first-order chi connectivity index (χ1) is 17.0. The maximum atomic E-state index is 13.9. The molecule has 1 fully saturated rings. The molecule has 2 rings (SSSR count). The molecule has 9 nitrogen and oxygen atoms in total. The summed E-state index contributed by atoms with van der Waals surface area (Å²) >= 11 is 0. The Kier molecular flexibility index (Phi) is 10.6. The van der Waals surface area contributed by atoms with Gasteiger partial charge >= 0.3 is 0 Å². The Hall–Kier alpha value is -2.78. The highest BCUT2D eigenvalue weighted by molar-refractivity contribution is 6.16. The minimum absolute atomic E-state index is 0.126. The number of hydrogen-bond acceptors (Lipinski definition) is 6. The molecule has 0 radical (unpaired) electrons. The van der Waals surface area contributed by atoms with E-state index in [-0.39, 0.29) is 18.1 Å². The number of benzene rings is 1. The predicted molar refractivity (Wildman–Crippen MR) is 140 cm³/mol. The van der Waals surface area contributed by atoms with Crippen molar-refractivity contribution in [2.45, 2.75) is 95.2 Å². The molecule has 0 aromatic heterocycles. The van der Waals surface area contributed by atoms with E-state index in [2.05, 4.69) is 10.6 Å². The van der Waals surface area contributed by atoms with E-state index in [1.165, 1.54) is 0 Å². The minimum atomic E-state index is -1.81. The average Bonchev–Trinajstić information content (AvgIpc) is 3.65. The number of nitrogens with two attached hydrogens (primary N) is 3. The Bertz CT molecular complexity index is 916. The van der Waals surface area contributed by atoms with Crippen molar-refractivity contribution in [3.05, 3.63) is 35.9 Å². The van der Waals surface area contributed by atoms with E-state index in [0.717, 1.165) is 5.56 Å². The van der Waals surface area contributed by atoms with Gasteiger partial charge in [-0.3, -0.25) is 19.2 Å². The van der Waals surface area contributed by atoms with Crippen LogP contribution in [-0.2, 0) is 24.6 Å². The molecule has 3 atom stereocenters. The third kappa shape index (κ3) is 7.13. The van der Waals surface area contributed by atoms with E-state index in [9.17, 15) is 19.2 Å². The number of primary amides is 1. The van der Waals surface area contributed by atoms with Crippen molar-refractivity contribution in [3.63, 3.8) is 0 Å². The lowest BCUT2D eigenvalue weighted by molar-refractivity contribution is -0.140. The Morgan fingerprint density at radius 1 is 1.03 bits per heavy atom. The van der Waals surface area contributed by atoms with Crippen LogP contribution in [0.5, 0.6) is 0 Å². The first-order valence-corrected chi connectivity index (χ1v) is 13.0. The summed E-state index contributed by atoms with van der Waals surface area (Å²) in [5, 5.41) is 5.40. The van der Waals surface area contributed by atoms with Crippen LogP contribution in [0.3, 0.4) is 0 Å². The van der Waals surface area contributed by atoms with E-state index in [1.54, 1.807) is 0 Å². The van der Waals surface area contributed by atoms with E-state index >= 15 is 0 Å². The van der Waals surface area contributed by atoms with Crippen LogP contribution in [0.25, 0.3) is 0 Å². The fraction of sp³-hybridized carbons (Fsp3) is 0.630. The number of carbonyl (C=O) groups excluding carboxylic acids is 4. The van der Waals surface area contributed by atoms with E-state index < -0.39 is 40.8 Å². The Morgan fingerprint density at radius 2 is 1.67 bits per heavy atom. The van der Waals surface area contributed by atoms with Crippen LogP contribution in [0.1, 0.15) is 77.7 Å². The van der Waals surface area contributed by atoms with Crippen molar-refractivity contribution in [2.24, 2.45) is 23.1 Å². The average molecular weight is 502 g/mol. The van der Waals surface area contributed by atoms with Gasteiger partial charge in [-0.2, -0.15) is 0 Å². The van der Waals surface area contributed by atoms with Gasteiger partial charge in [0.1, 0.15) is 12.1 Å². The summed E-state index contributed by atoms with van der Waals surface area (Å²) in [6.07, 6.45) is 3.78. The second-order valence-corrected chi connectivity index (χ2v) is 10.4. The molecule has 0 spiro atoms. The number of ketones is 1. The summed E-state index contributed by atoms with van der Waals surface area (Å²) in [5.74, 6) is -2.04. The summed E-state index contributed by atoms with van der Waals surface area (Å²) < 4.78 is 0. The van der Waals surface area contributed by atoms with Gasteiger partial charge in [0, 0.05) is 0 Å². The van der Waals surface area contributed by atoms with Gasteiger partial charge in [-0.1, -0.05) is 57.5 Å². The molecular formula is C27H43N5O4. The quantitative estimate of drug-likeness (QED) is 0.169. The molecule has 1 saturated carbocycles. The van der Waals surface area contributed by atoms with E-state index in [4.69, 9.17) is 17.2 Å². The van der Waals surface area contributed by atoms with Crippen molar-refractivity contribution in [1.82, 2.24) is 10.6 Å². The van der Waals surface area contributed by atoms with Crippen LogP contribution < -0.4 is 27.8 Å². The van der Waals surface area contributed by atoms with Gasteiger partial charge < -0.3 is 27.8 Å². The maximum absolute atomic E-state index is 13.9. The highest BCUT2D eigenvalue weighted by atomic mass is 16.2. The van der Waals surface area contributed by atoms with Crippen molar-refractivity contribution >= 4 is 23.5 Å².